The number of rotatable bonds is 6. The van der Waals surface area contributed by atoms with E-state index in [1.54, 1.807) is 6.26 Å². The molecule has 6 nitrogen and oxygen atoms in total. The second-order valence-electron chi connectivity index (χ2n) is 4.92. The first-order valence-corrected chi connectivity index (χ1v) is 7.87. The van der Waals surface area contributed by atoms with E-state index in [-0.39, 0.29) is 11.9 Å². The Labute approximate surface area is 128 Å². The van der Waals surface area contributed by atoms with Gasteiger partial charge in [0, 0.05) is 13.1 Å². The monoisotopic (exact) mass is 308 g/mol. The third-order valence-corrected chi connectivity index (χ3v) is 4.31. The van der Waals surface area contributed by atoms with Gasteiger partial charge in [-0.15, -0.1) is 10.2 Å². The van der Waals surface area contributed by atoms with Crippen LogP contribution < -0.4 is 5.32 Å². The lowest BCUT2D eigenvalue weighted by atomic mass is 10.2. The lowest BCUT2D eigenvalue weighted by Crippen LogP contribution is -2.33. The molecular formula is C14H20N4O2S. The van der Waals surface area contributed by atoms with Gasteiger partial charge in [0.1, 0.15) is 5.76 Å². The van der Waals surface area contributed by atoms with Crippen molar-refractivity contribution in [2.24, 2.45) is 7.05 Å². The number of thioether (sulfide) groups is 1. The number of aromatic nitrogens is 3. The molecule has 0 unspecified atom stereocenters. The van der Waals surface area contributed by atoms with Crippen LogP contribution in [0.1, 0.15) is 26.0 Å². The zero-order valence-electron chi connectivity index (χ0n) is 12.7. The smallest absolute Gasteiger partial charge is 0.230 e. The van der Waals surface area contributed by atoms with Crippen molar-refractivity contribution < 1.29 is 9.21 Å². The Kier molecular flexibility index (Phi) is 5.06. The Morgan fingerprint density at radius 1 is 1.52 bits per heavy atom. The predicted octanol–water partition coefficient (Wildman–Crippen LogP) is 2.39. The van der Waals surface area contributed by atoms with Crippen LogP contribution in [-0.2, 0) is 11.8 Å². The van der Waals surface area contributed by atoms with Gasteiger partial charge < -0.3 is 14.3 Å². The maximum Gasteiger partial charge on any atom is 0.230 e. The highest BCUT2D eigenvalue weighted by Gasteiger charge is 2.16. The van der Waals surface area contributed by atoms with Gasteiger partial charge in [-0.05, 0) is 26.3 Å². The molecule has 0 saturated heterocycles. The highest BCUT2D eigenvalue weighted by atomic mass is 32.2. The van der Waals surface area contributed by atoms with Crippen LogP contribution in [0.4, 0.5) is 0 Å². The SMILES string of the molecule is CC[C@H](C)NC(=O)CSc1nnc(-c2ccoc2C)n1C. The van der Waals surface area contributed by atoms with Gasteiger partial charge in [-0.25, -0.2) is 0 Å². The molecule has 0 spiro atoms. The third-order valence-electron chi connectivity index (χ3n) is 3.29. The van der Waals surface area contributed by atoms with Crippen molar-refractivity contribution in [3.05, 3.63) is 18.1 Å². The Balaban J connectivity index is 2.01. The number of hydrogen-bond donors (Lipinski definition) is 1. The van der Waals surface area contributed by atoms with Gasteiger partial charge in [-0.1, -0.05) is 18.7 Å². The van der Waals surface area contributed by atoms with Gasteiger partial charge in [0.15, 0.2) is 11.0 Å². The van der Waals surface area contributed by atoms with Crippen molar-refractivity contribution in [3.63, 3.8) is 0 Å². The largest absolute Gasteiger partial charge is 0.469 e. The zero-order chi connectivity index (χ0) is 15.4. The summed E-state index contributed by atoms with van der Waals surface area (Å²) in [6.45, 7) is 5.92. The molecule has 2 aromatic rings. The van der Waals surface area contributed by atoms with Crippen molar-refractivity contribution in [2.75, 3.05) is 5.75 Å². The molecule has 0 aliphatic heterocycles. The fourth-order valence-electron chi connectivity index (χ4n) is 1.84. The molecule has 0 bridgehead atoms. The number of carbonyl (C=O) groups excluding carboxylic acids is 1. The first-order chi connectivity index (χ1) is 10.0. The number of amides is 1. The second kappa shape index (κ2) is 6.80. The summed E-state index contributed by atoms with van der Waals surface area (Å²) in [6.07, 6.45) is 2.55. The molecule has 7 heteroatoms. The molecule has 114 valence electrons. The maximum atomic E-state index is 11.8. The quantitative estimate of drug-likeness (QED) is 0.830. The fraction of sp³-hybridized carbons (Fsp3) is 0.500. The normalized spacial score (nSPS) is 12.4. The highest BCUT2D eigenvalue weighted by Crippen LogP contribution is 2.25. The Bertz CT molecular complexity index is 620. The van der Waals surface area contributed by atoms with Gasteiger partial charge in [-0.3, -0.25) is 4.79 Å². The number of hydrogen-bond acceptors (Lipinski definition) is 5. The number of aryl methyl sites for hydroxylation is 1. The minimum absolute atomic E-state index is 0.0124. The number of nitrogens with one attached hydrogen (secondary N) is 1. The van der Waals surface area contributed by atoms with E-state index in [1.807, 2.05) is 38.5 Å². The van der Waals surface area contributed by atoms with Gasteiger partial charge in [0.25, 0.3) is 0 Å². The zero-order valence-corrected chi connectivity index (χ0v) is 13.5. The molecule has 0 aliphatic carbocycles. The molecule has 1 amide bonds. The van der Waals surface area contributed by atoms with Crippen LogP contribution >= 0.6 is 11.8 Å². The third kappa shape index (κ3) is 3.66. The van der Waals surface area contributed by atoms with E-state index in [2.05, 4.69) is 15.5 Å². The van der Waals surface area contributed by atoms with Crippen molar-refractivity contribution >= 4 is 17.7 Å². The minimum atomic E-state index is 0.0124. The molecule has 21 heavy (non-hydrogen) atoms. The Morgan fingerprint density at radius 3 is 2.90 bits per heavy atom. The lowest BCUT2D eigenvalue weighted by Gasteiger charge is -2.10. The van der Waals surface area contributed by atoms with Crippen LogP contribution in [0, 0.1) is 6.92 Å². The van der Waals surface area contributed by atoms with Gasteiger partial charge >= 0.3 is 0 Å². The standard InChI is InChI=1S/C14H20N4O2S/c1-5-9(2)15-12(19)8-21-14-17-16-13(18(14)4)11-6-7-20-10(11)3/h6-7,9H,5,8H2,1-4H3,(H,15,19)/t9-/m0/s1. The van der Waals surface area contributed by atoms with Crippen molar-refractivity contribution in [1.82, 2.24) is 20.1 Å². The first kappa shape index (κ1) is 15.6. The first-order valence-electron chi connectivity index (χ1n) is 6.89. The van der Waals surface area contributed by atoms with Crippen molar-refractivity contribution in [3.8, 4) is 11.4 Å². The summed E-state index contributed by atoms with van der Waals surface area (Å²) in [5.74, 6) is 1.89. The Hall–Kier alpha value is -1.76. The van der Waals surface area contributed by atoms with Crippen LogP contribution in [-0.4, -0.2) is 32.5 Å². The fourth-order valence-corrected chi connectivity index (χ4v) is 2.56. The minimum Gasteiger partial charge on any atom is -0.469 e. The van der Waals surface area contributed by atoms with Crippen LogP contribution in [0.5, 0.6) is 0 Å². The van der Waals surface area contributed by atoms with Crippen LogP contribution in [0.2, 0.25) is 0 Å². The summed E-state index contributed by atoms with van der Waals surface area (Å²) in [5, 5.41) is 12.0. The molecule has 0 radical (unpaired) electrons. The average molecular weight is 308 g/mol. The topological polar surface area (TPSA) is 73.0 Å². The van der Waals surface area contributed by atoms with Crippen LogP contribution in [0.15, 0.2) is 21.9 Å². The van der Waals surface area contributed by atoms with E-state index in [0.717, 1.165) is 23.6 Å². The van der Waals surface area contributed by atoms with E-state index in [1.165, 1.54) is 11.8 Å². The summed E-state index contributed by atoms with van der Waals surface area (Å²) >= 11 is 1.38. The molecule has 0 aromatic carbocycles. The summed E-state index contributed by atoms with van der Waals surface area (Å²) in [5.41, 5.74) is 0.918. The van der Waals surface area contributed by atoms with Gasteiger partial charge in [-0.2, -0.15) is 0 Å². The number of nitrogens with zero attached hydrogens (tertiary/aromatic N) is 3. The van der Waals surface area contributed by atoms with Gasteiger partial charge in [0.05, 0.1) is 17.6 Å². The molecule has 1 atom stereocenters. The molecule has 2 rings (SSSR count). The summed E-state index contributed by atoms with van der Waals surface area (Å²) in [6, 6.07) is 2.06. The predicted molar refractivity (Wildman–Crippen MR) is 82.1 cm³/mol. The average Bonchev–Trinajstić information content (AvgIpc) is 3.02. The van der Waals surface area contributed by atoms with Crippen LogP contribution in [0.25, 0.3) is 11.4 Å². The summed E-state index contributed by atoms with van der Waals surface area (Å²) < 4.78 is 7.16. The lowest BCUT2D eigenvalue weighted by molar-refractivity contribution is -0.119. The molecule has 0 aliphatic rings. The molecule has 2 aromatic heterocycles. The van der Waals surface area contributed by atoms with E-state index in [4.69, 9.17) is 4.42 Å². The second-order valence-corrected chi connectivity index (χ2v) is 5.86. The van der Waals surface area contributed by atoms with E-state index in [0.29, 0.717) is 10.9 Å². The van der Waals surface area contributed by atoms with E-state index in [9.17, 15) is 4.79 Å². The molecule has 1 N–H and O–H groups in total. The molecule has 0 fully saturated rings. The number of furan rings is 1. The van der Waals surface area contributed by atoms with E-state index < -0.39 is 0 Å². The summed E-state index contributed by atoms with van der Waals surface area (Å²) in [7, 11) is 1.89. The Morgan fingerprint density at radius 2 is 2.29 bits per heavy atom. The van der Waals surface area contributed by atoms with E-state index >= 15 is 0 Å². The van der Waals surface area contributed by atoms with Crippen molar-refractivity contribution in [2.45, 2.75) is 38.4 Å². The summed E-state index contributed by atoms with van der Waals surface area (Å²) in [4.78, 5) is 11.8. The molecule has 2 heterocycles. The van der Waals surface area contributed by atoms with Gasteiger partial charge in [0.2, 0.25) is 5.91 Å². The van der Waals surface area contributed by atoms with Crippen LogP contribution in [0.3, 0.4) is 0 Å². The maximum absolute atomic E-state index is 11.8. The molecular weight excluding hydrogens is 288 g/mol. The number of carbonyl (C=O) groups is 1. The molecule has 0 saturated carbocycles. The highest BCUT2D eigenvalue weighted by molar-refractivity contribution is 7.99. The van der Waals surface area contributed by atoms with Crippen molar-refractivity contribution in [1.29, 1.82) is 0 Å².